The van der Waals surface area contributed by atoms with E-state index in [1.165, 1.54) is 34.1 Å². The predicted molar refractivity (Wildman–Crippen MR) is 123 cm³/mol. The first-order chi connectivity index (χ1) is 15.4. The molecule has 0 atom stereocenters. The molecular weight excluding hydrogens is 433 g/mol. The zero-order valence-electron chi connectivity index (χ0n) is 17.4. The topological polar surface area (TPSA) is 82.3 Å². The summed E-state index contributed by atoms with van der Waals surface area (Å²) in [5, 5.41) is 4.43. The van der Waals surface area contributed by atoms with Crippen molar-refractivity contribution in [1.29, 1.82) is 0 Å². The summed E-state index contributed by atoms with van der Waals surface area (Å²) in [5.41, 5.74) is 0.301. The number of rotatable bonds is 6. The first kappa shape index (κ1) is 21.5. The molecule has 4 aromatic rings. The molecule has 164 valence electrons. The SMILES string of the molecule is CCOc1ccc(NC(=O)Cn2c(=O)n(-c3ccc(F)c(C)c3)c(=O)c3sccc32)cc1. The largest absolute Gasteiger partial charge is 0.494 e. The Hall–Kier alpha value is -3.72. The molecular formula is C23H20FN3O4S. The van der Waals surface area contributed by atoms with E-state index in [0.717, 1.165) is 4.57 Å². The van der Waals surface area contributed by atoms with E-state index < -0.39 is 23.0 Å². The van der Waals surface area contributed by atoms with E-state index in [2.05, 4.69) is 5.32 Å². The van der Waals surface area contributed by atoms with Crippen LogP contribution in [0, 0.1) is 12.7 Å². The molecule has 0 bridgehead atoms. The van der Waals surface area contributed by atoms with Crippen molar-refractivity contribution in [2.45, 2.75) is 20.4 Å². The summed E-state index contributed by atoms with van der Waals surface area (Å²) in [6, 6.07) is 12.5. The third kappa shape index (κ3) is 4.06. The van der Waals surface area contributed by atoms with Gasteiger partial charge in [0.05, 0.1) is 17.8 Å². The van der Waals surface area contributed by atoms with Crippen LogP contribution in [0.15, 0.2) is 63.5 Å². The zero-order chi connectivity index (χ0) is 22.8. The lowest BCUT2D eigenvalue weighted by Gasteiger charge is -2.13. The molecule has 0 spiro atoms. The van der Waals surface area contributed by atoms with E-state index in [0.29, 0.717) is 33.8 Å². The fourth-order valence-corrected chi connectivity index (χ4v) is 4.21. The fourth-order valence-electron chi connectivity index (χ4n) is 3.38. The number of ether oxygens (including phenoxy) is 1. The van der Waals surface area contributed by atoms with Crippen molar-refractivity contribution in [2.24, 2.45) is 0 Å². The Kier molecular flexibility index (Phi) is 5.91. The molecule has 0 unspecified atom stereocenters. The number of fused-ring (bicyclic) bond motifs is 1. The van der Waals surface area contributed by atoms with Crippen LogP contribution in [0.25, 0.3) is 15.9 Å². The number of halogens is 1. The first-order valence-electron chi connectivity index (χ1n) is 9.91. The standard InChI is InChI=1S/C23H20FN3O4S/c1-3-31-17-7-4-15(5-8-17)25-20(28)13-26-19-10-11-32-21(19)22(29)27(23(26)30)16-6-9-18(24)14(2)12-16/h4-12H,3,13H2,1-2H3,(H,25,28). The van der Waals surface area contributed by atoms with E-state index in [1.807, 2.05) is 6.92 Å². The molecule has 1 amide bonds. The molecule has 0 radical (unpaired) electrons. The number of hydrogen-bond acceptors (Lipinski definition) is 5. The minimum atomic E-state index is -0.672. The molecule has 0 saturated heterocycles. The van der Waals surface area contributed by atoms with E-state index >= 15 is 0 Å². The summed E-state index contributed by atoms with van der Waals surface area (Å²) in [6.07, 6.45) is 0. The Balaban J connectivity index is 1.71. The number of carbonyl (C=O) groups is 1. The third-order valence-corrected chi connectivity index (χ3v) is 5.80. The molecule has 32 heavy (non-hydrogen) atoms. The normalized spacial score (nSPS) is 11.0. The minimum absolute atomic E-state index is 0.245. The highest BCUT2D eigenvalue weighted by Crippen LogP contribution is 2.19. The average molecular weight is 453 g/mol. The van der Waals surface area contributed by atoms with Crippen LogP contribution in [-0.2, 0) is 11.3 Å². The van der Waals surface area contributed by atoms with Crippen LogP contribution in [0.1, 0.15) is 12.5 Å². The Bertz CT molecular complexity index is 1420. The van der Waals surface area contributed by atoms with Gasteiger partial charge in [-0.25, -0.2) is 13.8 Å². The highest BCUT2D eigenvalue weighted by Gasteiger charge is 2.18. The van der Waals surface area contributed by atoms with Crippen LogP contribution in [0.4, 0.5) is 10.1 Å². The van der Waals surface area contributed by atoms with Gasteiger partial charge in [0.1, 0.15) is 22.8 Å². The molecule has 7 nitrogen and oxygen atoms in total. The fraction of sp³-hybridized carbons (Fsp3) is 0.174. The second-order valence-corrected chi connectivity index (χ2v) is 8.00. The van der Waals surface area contributed by atoms with Crippen LogP contribution in [-0.4, -0.2) is 21.6 Å². The summed E-state index contributed by atoms with van der Waals surface area (Å²) in [7, 11) is 0. The van der Waals surface area contributed by atoms with Crippen LogP contribution in [0.5, 0.6) is 5.75 Å². The molecule has 0 fully saturated rings. The van der Waals surface area contributed by atoms with E-state index in [1.54, 1.807) is 42.6 Å². The maximum Gasteiger partial charge on any atom is 0.336 e. The number of hydrogen-bond donors (Lipinski definition) is 1. The monoisotopic (exact) mass is 453 g/mol. The van der Waals surface area contributed by atoms with Gasteiger partial charge in [-0.1, -0.05) is 0 Å². The average Bonchev–Trinajstić information content (AvgIpc) is 3.25. The predicted octanol–water partition coefficient (Wildman–Crippen LogP) is 3.70. The molecule has 4 rings (SSSR count). The van der Waals surface area contributed by atoms with Gasteiger partial charge in [0.25, 0.3) is 5.56 Å². The number of nitrogens with one attached hydrogen (secondary N) is 1. The van der Waals surface area contributed by atoms with Gasteiger partial charge in [-0.3, -0.25) is 14.2 Å². The van der Waals surface area contributed by atoms with Crippen LogP contribution >= 0.6 is 11.3 Å². The lowest BCUT2D eigenvalue weighted by molar-refractivity contribution is -0.116. The second-order valence-electron chi connectivity index (χ2n) is 7.08. The Morgan fingerprint density at radius 2 is 1.88 bits per heavy atom. The van der Waals surface area contributed by atoms with Crippen molar-refractivity contribution in [2.75, 3.05) is 11.9 Å². The van der Waals surface area contributed by atoms with Crippen molar-refractivity contribution in [3.8, 4) is 11.4 Å². The number of carbonyl (C=O) groups excluding carboxylic acids is 1. The van der Waals surface area contributed by atoms with Gasteiger partial charge < -0.3 is 10.1 Å². The van der Waals surface area contributed by atoms with Crippen LogP contribution in [0.2, 0.25) is 0 Å². The van der Waals surface area contributed by atoms with Crippen molar-refractivity contribution >= 4 is 33.1 Å². The zero-order valence-corrected chi connectivity index (χ0v) is 18.2. The highest BCUT2D eigenvalue weighted by atomic mass is 32.1. The van der Waals surface area contributed by atoms with Gasteiger partial charge in [0.2, 0.25) is 5.91 Å². The maximum absolute atomic E-state index is 13.7. The smallest absolute Gasteiger partial charge is 0.336 e. The molecule has 0 aliphatic rings. The molecule has 2 aromatic heterocycles. The number of benzene rings is 2. The summed E-state index contributed by atoms with van der Waals surface area (Å²) in [5.74, 6) is -0.179. The van der Waals surface area contributed by atoms with E-state index in [9.17, 15) is 18.8 Å². The van der Waals surface area contributed by atoms with Gasteiger partial charge >= 0.3 is 5.69 Å². The minimum Gasteiger partial charge on any atom is -0.494 e. The lowest BCUT2D eigenvalue weighted by atomic mass is 10.2. The molecule has 2 heterocycles. The van der Waals surface area contributed by atoms with Crippen molar-refractivity contribution in [3.63, 3.8) is 0 Å². The van der Waals surface area contributed by atoms with Crippen molar-refractivity contribution < 1.29 is 13.9 Å². The lowest BCUT2D eigenvalue weighted by Crippen LogP contribution is -2.40. The van der Waals surface area contributed by atoms with Gasteiger partial charge in [-0.15, -0.1) is 11.3 Å². The number of nitrogens with zero attached hydrogens (tertiary/aromatic N) is 2. The number of amides is 1. The van der Waals surface area contributed by atoms with Gasteiger partial charge in [-0.2, -0.15) is 0 Å². The molecule has 0 aliphatic carbocycles. The molecule has 2 aromatic carbocycles. The second kappa shape index (κ2) is 8.80. The highest BCUT2D eigenvalue weighted by molar-refractivity contribution is 7.17. The quantitative estimate of drug-likeness (QED) is 0.483. The van der Waals surface area contributed by atoms with Crippen molar-refractivity contribution in [1.82, 2.24) is 9.13 Å². The summed E-state index contributed by atoms with van der Waals surface area (Å²) < 4.78 is 21.6. The Morgan fingerprint density at radius 1 is 1.12 bits per heavy atom. The number of aryl methyl sites for hydroxylation is 1. The summed E-state index contributed by atoms with van der Waals surface area (Å²) >= 11 is 1.18. The van der Waals surface area contributed by atoms with Gasteiger partial charge in [0, 0.05) is 5.69 Å². The number of thiophene rings is 1. The van der Waals surface area contributed by atoms with Gasteiger partial charge in [-0.05, 0) is 73.3 Å². The number of anilines is 1. The Labute approximate surface area is 186 Å². The third-order valence-electron chi connectivity index (χ3n) is 4.91. The van der Waals surface area contributed by atoms with Gasteiger partial charge in [0.15, 0.2) is 0 Å². The van der Waals surface area contributed by atoms with Crippen LogP contribution in [0.3, 0.4) is 0 Å². The Morgan fingerprint density at radius 3 is 2.56 bits per heavy atom. The molecule has 9 heteroatoms. The molecule has 0 saturated carbocycles. The van der Waals surface area contributed by atoms with Crippen LogP contribution < -0.4 is 21.3 Å². The van der Waals surface area contributed by atoms with E-state index in [-0.39, 0.29) is 12.2 Å². The van der Waals surface area contributed by atoms with Crippen molar-refractivity contribution in [3.05, 3.63) is 86.1 Å². The molecule has 1 N–H and O–H groups in total. The summed E-state index contributed by atoms with van der Waals surface area (Å²) in [4.78, 5) is 38.9. The summed E-state index contributed by atoms with van der Waals surface area (Å²) in [6.45, 7) is 3.68. The number of aromatic nitrogens is 2. The molecule has 0 aliphatic heterocycles. The van der Waals surface area contributed by atoms with E-state index in [4.69, 9.17) is 4.74 Å². The first-order valence-corrected chi connectivity index (χ1v) is 10.8. The maximum atomic E-state index is 13.7.